The van der Waals surface area contributed by atoms with Gasteiger partial charge in [-0.1, -0.05) is 19.4 Å². The van der Waals surface area contributed by atoms with Crippen LogP contribution in [0.15, 0.2) is 18.2 Å². The molecule has 1 aromatic rings. The summed E-state index contributed by atoms with van der Waals surface area (Å²) in [6.07, 6.45) is 2.44. The number of benzene rings is 1. The van der Waals surface area contributed by atoms with Gasteiger partial charge in [0.25, 0.3) is 5.91 Å². The summed E-state index contributed by atoms with van der Waals surface area (Å²) in [5.41, 5.74) is 3.64. The molecule has 0 radical (unpaired) electrons. The fourth-order valence-corrected chi connectivity index (χ4v) is 4.82. The van der Waals surface area contributed by atoms with E-state index in [9.17, 15) is 9.59 Å². The molecule has 3 unspecified atom stereocenters. The van der Waals surface area contributed by atoms with E-state index in [0.717, 1.165) is 32.4 Å². The number of carbonyl (C=O) groups excluding carboxylic acids is 2. The molecule has 3 saturated heterocycles. The molecule has 152 valence electrons. The topological polar surface area (TPSA) is 59.1 Å². The van der Waals surface area contributed by atoms with Crippen LogP contribution < -0.4 is 10.2 Å². The first-order valence-corrected chi connectivity index (χ1v) is 10.4. The van der Waals surface area contributed by atoms with Gasteiger partial charge < -0.3 is 9.80 Å². The second kappa shape index (κ2) is 7.37. The molecule has 28 heavy (non-hydrogen) atoms. The fraction of sp³-hybridized carbons (Fsp3) is 0.619. The van der Waals surface area contributed by atoms with E-state index in [-0.39, 0.29) is 30.4 Å². The second-order valence-electron chi connectivity index (χ2n) is 8.30. The molecule has 1 N–H and O–H groups in total. The van der Waals surface area contributed by atoms with Gasteiger partial charge in [0.15, 0.2) is 0 Å². The van der Waals surface area contributed by atoms with Gasteiger partial charge in [0.2, 0.25) is 0 Å². The second-order valence-corrected chi connectivity index (χ2v) is 8.30. The van der Waals surface area contributed by atoms with Crippen LogP contribution in [0.25, 0.3) is 0 Å². The number of urea groups is 1. The van der Waals surface area contributed by atoms with Crippen LogP contribution >= 0.6 is 0 Å². The van der Waals surface area contributed by atoms with Gasteiger partial charge in [0.1, 0.15) is 18.5 Å². The predicted octanol–water partition coefficient (Wildman–Crippen LogP) is 2.09. The van der Waals surface area contributed by atoms with Crippen LogP contribution in [0.1, 0.15) is 37.3 Å². The number of amides is 3. The van der Waals surface area contributed by atoms with E-state index in [0.29, 0.717) is 6.54 Å². The Morgan fingerprint density at radius 1 is 1.11 bits per heavy atom. The van der Waals surface area contributed by atoms with Gasteiger partial charge in [0, 0.05) is 32.4 Å². The first kappa shape index (κ1) is 19.2. The minimum Gasteiger partial charge on any atom is -0.343 e. The molecular formula is C21H31N5O2. The third-order valence-electron chi connectivity index (χ3n) is 6.14. The van der Waals surface area contributed by atoms with Crippen LogP contribution in [-0.2, 0) is 4.79 Å². The minimum absolute atomic E-state index is 0.0566. The molecule has 3 aliphatic rings. The number of likely N-dealkylation sites (N-methyl/N-ethyl adjacent to an activating group) is 1. The summed E-state index contributed by atoms with van der Waals surface area (Å²) in [4.78, 5) is 33.8. The highest BCUT2D eigenvalue weighted by Gasteiger charge is 2.55. The van der Waals surface area contributed by atoms with E-state index < -0.39 is 0 Å². The third-order valence-corrected chi connectivity index (χ3v) is 6.14. The van der Waals surface area contributed by atoms with Gasteiger partial charge >= 0.3 is 6.03 Å². The Morgan fingerprint density at radius 3 is 2.50 bits per heavy atom. The third kappa shape index (κ3) is 3.06. The summed E-state index contributed by atoms with van der Waals surface area (Å²) in [5.74, 6) is -0.0566. The molecule has 3 heterocycles. The number of aryl methyl sites for hydroxylation is 2. The maximum atomic E-state index is 13.3. The summed E-state index contributed by atoms with van der Waals surface area (Å²) < 4.78 is 0. The molecule has 0 saturated carbocycles. The fourth-order valence-electron chi connectivity index (χ4n) is 4.82. The van der Waals surface area contributed by atoms with Crippen molar-refractivity contribution in [3.05, 3.63) is 29.3 Å². The molecule has 3 amide bonds. The summed E-state index contributed by atoms with van der Waals surface area (Å²) >= 11 is 0. The average Bonchev–Trinajstić information content (AvgIpc) is 3.05. The smallest absolute Gasteiger partial charge is 0.327 e. The summed E-state index contributed by atoms with van der Waals surface area (Å²) in [7, 11) is 1.80. The van der Waals surface area contributed by atoms with Crippen LogP contribution in [0.2, 0.25) is 0 Å². The van der Waals surface area contributed by atoms with E-state index in [1.807, 2.05) is 0 Å². The van der Waals surface area contributed by atoms with E-state index in [2.05, 4.69) is 54.1 Å². The molecule has 3 aliphatic heterocycles. The molecule has 4 rings (SSSR count). The number of imide groups is 1. The van der Waals surface area contributed by atoms with E-state index >= 15 is 0 Å². The molecule has 3 fully saturated rings. The number of hydrogen-bond acceptors (Lipinski definition) is 5. The highest BCUT2D eigenvalue weighted by atomic mass is 16.2. The molecule has 7 nitrogen and oxygen atoms in total. The number of nitrogens with one attached hydrogen (secondary N) is 1. The largest absolute Gasteiger partial charge is 0.343 e. The van der Waals surface area contributed by atoms with Crippen molar-refractivity contribution in [3.63, 3.8) is 0 Å². The number of fused-ring (bicyclic) bond motifs is 3. The summed E-state index contributed by atoms with van der Waals surface area (Å²) in [6, 6.07) is 6.06. The average molecular weight is 386 g/mol. The lowest BCUT2D eigenvalue weighted by Gasteiger charge is -2.44. The lowest BCUT2D eigenvalue weighted by atomic mass is 10.1. The van der Waals surface area contributed by atoms with Crippen molar-refractivity contribution in [2.24, 2.45) is 0 Å². The van der Waals surface area contributed by atoms with Gasteiger partial charge in [-0.3, -0.25) is 19.9 Å². The van der Waals surface area contributed by atoms with Crippen LogP contribution in [0.3, 0.4) is 0 Å². The number of hydrogen-bond donors (Lipinski definition) is 1. The first-order chi connectivity index (χ1) is 13.4. The van der Waals surface area contributed by atoms with Gasteiger partial charge in [0.05, 0.1) is 0 Å². The molecule has 3 atom stereocenters. The first-order valence-electron chi connectivity index (χ1n) is 10.4. The van der Waals surface area contributed by atoms with Crippen LogP contribution in [0, 0.1) is 13.8 Å². The van der Waals surface area contributed by atoms with E-state index in [1.165, 1.54) is 21.7 Å². The van der Waals surface area contributed by atoms with Crippen molar-refractivity contribution in [1.82, 2.24) is 20.0 Å². The van der Waals surface area contributed by atoms with Crippen molar-refractivity contribution in [3.8, 4) is 0 Å². The zero-order valence-electron chi connectivity index (χ0n) is 17.3. The van der Waals surface area contributed by atoms with Crippen molar-refractivity contribution in [2.45, 2.75) is 58.5 Å². The normalized spacial score (nSPS) is 28.0. The Morgan fingerprint density at radius 2 is 1.82 bits per heavy atom. The molecule has 7 heteroatoms. The van der Waals surface area contributed by atoms with Gasteiger partial charge in [-0.2, -0.15) is 0 Å². The quantitative estimate of drug-likeness (QED) is 0.860. The summed E-state index contributed by atoms with van der Waals surface area (Å²) in [5, 5.41) is 3.58. The minimum atomic E-state index is -0.321. The monoisotopic (exact) mass is 385 g/mol. The lowest BCUT2D eigenvalue weighted by Crippen LogP contribution is -2.66. The standard InChI is InChI=1S/C21H31N5O2/c1-5-6-8-26-19(27)17-18(23(4)21(26)28)22-20-24(9-7-10-25(17)20)16-12-14(2)11-15(3)13-16/h11-13,17-18,20,22H,5-10H2,1-4H3. The molecule has 0 aliphatic carbocycles. The lowest BCUT2D eigenvalue weighted by molar-refractivity contribution is -0.138. The number of unbranched alkanes of at least 4 members (excludes halogenated alkanes) is 1. The Kier molecular flexibility index (Phi) is 5.05. The van der Waals surface area contributed by atoms with Crippen molar-refractivity contribution >= 4 is 17.6 Å². The molecule has 0 aromatic heterocycles. The molecule has 0 spiro atoms. The number of anilines is 1. The van der Waals surface area contributed by atoms with Crippen molar-refractivity contribution in [2.75, 3.05) is 31.6 Å². The van der Waals surface area contributed by atoms with Crippen molar-refractivity contribution in [1.29, 1.82) is 0 Å². The Labute approximate surface area is 167 Å². The van der Waals surface area contributed by atoms with Crippen molar-refractivity contribution < 1.29 is 9.59 Å². The number of carbonyl (C=O) groups is 2. The van der Waals surface area contributed by atoms with E-state index in [1.54, 1.807) is 11.9 Å². The van der Waals surface area contributed by atoms with Crippen LogP contribution in [0.4, 0.5) is 10.5 Å². The Bertz CT molecular complexity index is 762. The highest BCUT2D eigenvalue weighted by Crippen LogP contribution is 2.33. The predicted molar refractivity (Wildman–Crippen MR) is 109 cm³/mol. The molecular weight excluding hydrogens is 354 g/mol. The zero-order chi connectivity index (χ0) is 20.0. The van der Waals surface area contributed by atoms with E-state index in [4.69, 9.17) is 0 Å². The van der Waals surface area contributed by atoms with Gasteiger partial charge in [-0.05, 0) is 49.9 Å². The maximum Gasteiger partial charge on any atom is 0.327 e. The molecule has 1 aromatic carbocycles. The molecule has 0 bridgehead atoms. The van der Waals surface area contributed by atoms with Crippen LogP contribution in [-0.4, -0.2) is 71.8 Å². The number of rotatable bonds is 4. The SMILES string of the molecule is CCCCN1C(=O)C2C(NC3N(c4cc(C)cc(C)c4)CCCN23)N(C)C1=O. The summed E-state index contributed by atoms with van der Waals surface area (Å²) in [6.45, 7) is 8.59. The zero-order valence-corrected chi connectivity index (χ0v) is 17.3. The van der Waals surface area contributed by atoms with Crippen LogP contribution in [0.5, 0.6) is 0 Å². The number of nitrogens with zero attached hydrogens (tertiary/aromatic N) is 4. The van der Waals surface area contributed by atoms with Gasteiger partial charge in [-0.15, -0.1) is 0 Å². The Balaban J connectivity index is 1.64. The van der Waals surface area contributed by atoms with Gasteiger partial charge in [-0.25, -0.2) is 4.79 Å². The highest BCUT2D eigenvalue weighted by molar-refractivity contribution is 6.00. The maximum absolute atomic E-state index is 13.3. The Hall–Kier alpha value is -2.12.